The van der Waals surface area contributed by atoms with Crippen molar-refractivity contribution in [2.24, 2.45) is 11.8 Å². The first-order valence-electron chi connectivity index (χ1n) is 8.80. The maximum Gasteiger partial charge on any atom is 0.227 e. The van der Waals surface area contributed by atoms with Crippen molar-refractivity contribution in [3.8, 4) is 0 Å². The Morgan fingerprint density at radius 2 is 1.77 bits per heavy atom. The summed E-state index contributed by atoms with van der Waals surface area (Å²) in [5.74, 6) is -0.402. The predicted molar refractivity (Wildman–Crippen MR) is 102 cm³/mol. The van der Waals surface area contributed by atoms with Gasteiger partial charge in [0.15, 0.2) is 0 Å². The molecule has 2 heterocycles. The number of likely N-dealkylation sites (tertiary alicyclic amines) is 1. The second-order valence-corrected chi connectivity index (χ2v) is 7.15. The highest BCUT2D eigenvalue weighted by Crippen LogP contribution is 2.24. The Hall–Kier alpha value is -1.37. The molecule has 0 bridgehead atoms. The van der Waals surface area contributed by atoms with Crippen LogP contribution in [-0.4, -0.2) is 42.9 Å². The third kappa shape index (κ3) is 5.09. The van der Waals surface area contributed by atoms with Crippen LogP contribution in [0.15, 0.2) is 18.2 Å². The lowest BCUT2D eigenvalue weighted by atomic mass is 9.92. The first-order chi connectivity index (χ1) is 12.0. The molecule has 5 nitrogen and oxygen atoms in total. The van der Waals surface area contributed by atoms with Crippen LogP contribution in [0.1, 0.15) is 25.7 Å². The zero-order valence-electron chi connectivity index (χ0n) is 14.5. The zero-order chi connectivity index (χ0) is 17.8. The summed E-state index contributed by atoms with van der Waals surface area (Å²) >= 11 is 5.74. The van der Waals surface area contributed by atoms with E-state index in [0.717, 1.165) is 25.9 Å². The van der Waals surface area contributed by atoms with Gasteiger partial charge in [0.25, 0.3) is 0 Å². The number of carbonyl (C=O) groups is 2. The second kappa shape index (κ2) is 9.53. The molecule has 26 heavy (non-hydrogen) atoms. The quantitative estimate of drug-likeness (QED) is 0.814. The molecule has 0 unspecified atom stereocenters. The van der Waals surface area contributed by atoms with Crippen LogP contribution in [-0.2, 0) is 9.59 Å². The summed E-state index contributed by atoms with van der Waals surface area (Å²) in [5, 5.41) is 6.04. The molecular weight excluding hydrogens is 380 g/mol. The minimum absolute atomic E-state index is 0. The Kier molecular flexibility index (Phi) is 7.68. The highest BCUT2D eigenvalue weighted by Gasteiger charge is 2.31. The van der Waals surface area contributed by atoms with Gasteiger partial charge in [-0.3, -0.25) is 9.59 Å². The van der Waals surface area contributed by atoms with Crippen LogP contribution in [0.25, 0.3) is 0 Å². The van der Waals surface area contributed by atoms with Gasteiger partial charge in [0.2, 0.25) is 11.8 Å². The van der Waals surface area contributed by atoms with Crippen LogP contribution in [0, 0.1) is 17.7 Å². The van der Waals surface area contributed by atoms with Crippen molar-refractivity contribution in [1.29, 1.82) is 0 Å². The van der Waals surface area contributed by atoms with Crippen LogP contribution in [0.4, 0.5) is 10.1 Å². The summed E-state index contributed by atoms with van der Waals surface area (Å²) in [6, 6.07) is 4.14. The van der Waals surface area contributed by atoms with Crippen molar-refractivity contribution >= 4 is 41.5 Å². The summed E-state index contributed by atoms with van der Waals surface area (Å²) in [6.45, 7) is 3.03. The molecule has 2 aliphatic rings. The third-order valence-electron chi connectivity index (χ3n) is 5.05. The van der Waals surface area contributed by atoms with Crippen molar-refractivity contribution < 1.29 is 14.0 Å². The minimum atomic E-state index is -0.510. The summed E-state index contributed by atoms with van der Waals surface area (Å²) < 4.78 is 13.2. The minimum Gasteiger partial charge on any atom is -0.342 e. The molecule has 144 valence electrons. The molecule has 1 aromatic rings. The third-order valence-corrected chi connectivity index (χ3v) is 5.34. The van der Waals surface area contributed by atoms with Crippen molar-refractivity contribution in [2.75, 3.05) is 31.5 Å². The molecule has 2 amide bonds. The van der Waals surface area contributed by atoms with E-state index in [9.17, 15) is 14.0 Å². The first-order valence-corrected chi connectivity index (χ1v) is 9.18. The molecule has 2 N–H and O–H groups in total. The molecule has 0 spiro atoms. The molecule has 8 heteroatoms. The molecule has 0 radical (unpaired) electrons. The van der Waals surface area contributed by atoms with Crippen molar-refractivity contribution in [3.63, 3.8) is 0 Å². The lowest BCUT2D eigenvalue weighted by Gasteiger charge is -2.34. The topological polar surface area (TPSA) is 61.4 Å². The maximum atomic E-state index is 13.2. The number of hydrogen-bond donors (Lipinski definition) is 2. The number of rotatable bonds is 3. The SMILES string of the molecule is Cl.O=C(Nc1ccc(F)c(Cl)c1)C1CCN(C(=O)C2CCNCC2)CC1. The van der Waals surface area contributed by atoms with E-state index < -0.39 is 5.82 Å². The summed E-state index contributed by atoms with van der Waals surface area (Å²) in [4.78, 5) is 26.8. The van der Waals surface area contributed by atoms with E-state index in [-0.39, 0.29) is 41.1 Å². The smallest absolute Gasteiger partial charge is 0.227 e. The summed E-state index contributed by atoms with van der Waals surface area (Å²) in [6.07, 6.45) is 3.09. The fourth-order valence-corrected chi connectivity index (χ4v) is 3.69. The lowest BCUT2D eigenvalue weighted by Crippen LogP contribution is -2.46. The first kappa shape index (κ1) is 20.9. The fraction of sp³-hybridized carbons (Fsp3) is 0.556. The lowest BCUT2D eigenvalue weighted by molar-refractivity contribution is -0.139. The Morgan fingerprint density at radius 3 is 2.38 bits per heavy atom. The number of piperidine rings is 2. The molecule has 2 saturated heterocycles. The number of carbonyl (C=O) groups excluding carboxylic acids is 2. The molecule has 2 aliphatic heterocycles. The Labute approximate surface area is 164 Å². The van der Waals surface area contributed by atoms with Gasteiger partial charge in [-0.2, -0.15) is 0 Å². The molecular formula is C18H24Cl2FN3O2. The summed E-state index contributed by atoms with van der Waals surface area (Å²) in [7, 11) is 0. The van der Waals surface area contributed by atoms with Gasteiger partial charge in [-0.1, -0.05) is 11.6 Å². The number of nitrogens with zero attached hydrogens (tertiary/aromatic N) is 1. The average Bonchev–Trinajstić information content (AvgIpc) is 2.65. The van der Waals surface area contributed by atoms with Crippen LogP contribution in [0.2, 0.25) is 5.02 Å². The van der Waals surface area contributed by atoms with Crippen molar-refractivity contribution in [2.45, 2.75) is 25.7 Å². The van der Waals surface area contributed by atoms with Crippen LogP contribution in [0.5, 0.6) is 0 Å². The van der Waals surface area contributed by atoms with E-state index in [1.54, 1.807) is 0 Å². The zero-order valence-corrected chi connectivity index (χ0v) is 16.0. The van der Waals surface area contributed by atoms with Gasteiger partial charge in [-0.05, 0) is 57.0 Å². The molecule has 0 saturated carbocycles. The number of benzene rings is 1. The predicted octanol–water partition coefficient (Wildman–Crippen LogP) is 3.08. The van der Waals surface area contributed by atoms with Gasteiger partial charge >= 0.3 is 0 Å². The Bertz CT molecular complexity index is 645. The van der Waals surface area contributed by atoms with Gasteiger partial charge in [0.05, 0.1) is 5.02 Å². The van der Waals surface area contributed by atoms with Crippen LogP contribution >= 0.6 is 24.0 Å². The Balaban J connectivity index is 0.00000243. The highest BCUT2D eigenvalue weighted by atomic mass is 35.5. The number of anilines is 1. The molecule has 0 atom stereocenters. The van der Waals surface area contributed by atoms with Gasteiger partial charge in [0, 0.05) is 30.6 Å². The maximum absolute atomic E-state index is 13.2. The average molecular weight is 404 g/mol. The standard InChI is InChI=1S/C18H23ClFN3O2.ClH/c19-15-11-14(1-2-16(15)20)22-17(24)12-5-9-23(10-6-12)18(25)13-3-7-21-8-4-13;/h1-2,11-13,21H,3-10H2,(H,22,24);1H. The molecule has 2 fully saturated rings. The van der Waals surface area contributed by atoms with Crippen molar-refractivity contribution in [3.05, 3.63) is 29.0 Å². The van der Waals surface area contributed by atoms with Gasteiger partial charge in [-0.15, -0.1) is 12.4 Å². The van der Waals surface area contributed by atoms with Crippen LogP contribution in [0.3, 0.4) is 0 Å². The number of halogens is 3. The van der Waals surface area contributed by atoms with Gasteiger partial charge < -0.3 is 15.5 Å². The second-order valence-electron chi connectivity index (χ2n) is 6.74. The Morgan fingerprint density at radius 1 is 1.12 bits per heavy atom. The van der Waals surface area contributed by atoms with Gasteiger partial charge in [-0.25, -0.2) is 4.39 Å². The highest BCUT2D eigenvalue weighted by molar-refractivity contribution is 6.31. The molecule has 3 rings (SSSR count). The van der Waals surface area contributed by atoms with Crippen molar-refractivity contribution in [1.82, 2.24) is 10.2 Å². The normalized spacial score (nSPS) is 18.9. The molecule has 1 aromatic carbocycles. The monoisotopic (exact) mass is 403 g/mol. The number of amides is 2. The van der Waals surface area contributed by atoms with E-state index in [4.69, 9.17) is 11.6 Å². The van der Waals surface area contributed by atoms with E-state index in [1.165, 1.54) is 18.2 Å². The largest absolute Gasteiger partial charge is 0.342 e. The van der Waals surface area contributed by atoms with Gasteiger partial charge in [0.1, 0.15) is 5.82 Å². The number of nitrogens with one attached hydrogen (secondary N) is 2. The van der Waals surface area contributed by atoms with Crippen LogP contribution < -0.4 is 10.6 Å². The van der Waals surface area contributed by atoms with E-state index in [0.29, 0.717) is 31.6 Å². The summed E-state index contributed by atoms with van der Waals surface area (Å²) in [5.41, 5.74) is 0.490. The fourth-order valence-electron chi connectivity index (χ4n) is 3.51. The number of hydrogen-bond acceptors (Lipinski definition) is 3. The van der Waals surface area contributed by atoms with E-state index in [1.807, 2.05) is 4.90 Å². The van der Waals surface area contributed by atoms with E-state index >= 15 is 0 Å². The molecule has 0 aromatic heterocycles. The van der Waals surface area contributed by atoms with E-state index in [2.05, 4.69) is 10.6 Å². The molecule has 0 aliphatic carbocycles.